The number of hydrogen-bond donors (Lipinski definition) is 1. The highest BCUT2D eigenvalue weighted by Gasteiger charge is 2.34. The van der Waals surface area contributed by atoms with E-state index in [0.29, 0.717) is 25.3 Å². The standard InChI is InChI=1S/C13H24N2O3/c1-9(2)8-10(14)12(16)15-7-5-4-6-11(15)13(17)18-3/h9-11H,4-8,14H2,1-3H3/t10-,11?/m1/s1. The summed E-state index contributed by atoms with van der Waals surface area (Å²) in [7, 11) is 1.35. The summed E-state index contributed by atoms with van der Waals surface area (Å²) >= 11 is 0. The van der Waals surface area contributed by atoms with E-state index in [2.05, 4.69) is 0 Å². The quantitative estimate of drug-likeness (QED) is 0.759. The number of ether oxygens (including phenoxy) is 1. The SMILES string of the molecule is COC(=O)C1CCCCN1C(=O)[C@H](N)CC(C)C. The highest BCUT2D eigenvalue weighted by molar-refractivity contribution is 5.87. The van der Waals surface area contributed by atoms with Crippen molar-refractivity contribution in [1.82, 2.24) is 4.90 Å². The number of rotatable bonds is 4. The number of nitrogens with two attached hydrogens (primary N) is 1. The molecule has 0 radical (unpaired) electrons. The van der Waals surface area contributed by atoms with Crippen LogP contribution in [0.1, 0.15) is 39.5 Å². The van der Waals surface area contributed by atoms with Crippen LogP contribution in [0.25, 0.3) is 0 Å². The Labute approximate surface area is 109 Å². The minimum Gasteiger partial charge on any atom is -0.467 e. The summed E-state index contributed by atoms with van der Waals surface area (Å²) in [6.07, 6.45) is 3.19. The molecule has 1 unspecified atom stereocenters. The van der Waals surface area contributed by atoms with E-state index in [1.54, 1.807) is 4.90 Å². The molecule has 0 aromatic rings. The highest BCUT2D eigenvalue weighted by atomic mass is 16.5. The number of piperidine rings is 1. The van der Waals surface area contributed by atoms with Gasteiger partial charge >= 0.3 is 5.97 Å². The van der Waals surface area contributed by atoms with Gasteiger partial charge < -0.3 is 15.4 Å². The number of carbonyl (C=O) groups is 2. The van der Waals surface area contributed by atoms with Crippen molar-refractivity contribution < 1.29 is 14.3 Å². The average Bonchev–Trinajstić information content (AvgIpc) is 2.36. The van der Waals surface area contributed by atoms with E-state index in [9.17, 15) is 9.59 Å². The van der Waals surface area contributed by atoms with Crippen LogP contribution in [0.5, 0.6) is 0 Å². The first kappa shape index (κ1) is 15.0. The van der Waals surface area contributed by atoms with Gasteiger partial charge in [-0.2, -0.15) is 0 Å². The van der Waals surface area contributed by atoms with Crippen molar-refractivity contribution in [2.24, 2.45) is 11.7 Å². The molecular formula is C13H24N2O3. The Morgan fingerprint density at radius 3 is 2.61 bits per heavy atom. The van der Waals surface area contributed by atoms with Crippen molar-refractivity contribution in [3.8, 4) is 0 Å². The number of methoxy groups -OCH3 is 1. The Kier molecular flexibility index (Phi) is 5.59. The second kappa shape index (κ2) is 6.73. The van der Waals surface area contributed by atoms with Gasteiger partial charge in [0.25, 0.3) is 0 Å². The summed E-state index contributed by atoms with van der Waals surface area (Å²) in [5, 5.41) is 0. The second-order valence-electron chi connectivity index (χ2n) is 5.30. The second-order valence-corrected chi connectivity index (χ2v) is 5.30. The summed E-state index contributed by atoms with van der Waals surface area (Å²) in [6.45, 7) is 4.66. The van der Waals surface area contributed by atoms with Crippen LogP contribution in [0, 0.1) is 5.92 Å². The molecule has 0 aromatic heterocycles. The first-order chi connectivity index (χ1) is 8.47. The van der Waals surface area contributed by atoms with Gasteiger partial charge in [0.05, 0.1) is 13.2 Å². The zero-order chi connectivity index (χ0) is 13.7. The van der Waals surface area contributed by atoms with Crippen molar-refractivity contribution in [2.45, 2.75) is 51.6 Å². The lowest BCUT2D eigenvalue weighted by Crippen LogP contribution is -2.54. The van der Waals surface area contributed by atoms with Gasteiger partial charge in [0.1, 0.15) is 6.04 Å². The molecule has 1 heterocycles. The first-order valence-corrected chi connectivity index (χ1v) is 6.61. The number of carbonyl (C=O) groups excluding carboxylic acids is 2. The maximum atomic E-state index is 12.3. The normalized spacial score (nSPS) is 21.8. The Morgan fingerprint density at radius 2 is 2.06 bits per heavy atom. The number of esters is 1. The van der Waals surface area contributed by atoms with Crippen LogP contribution in [0.3, 0.4) is 0 Å². The minimum atomic E-state index is -0.518. The van der Waals surface area contributed by atoms with Crippen LogP contribution >= 0.6 is 0 Å². The van der Waals surface area contributed by atoms with E-state index in [1.165, 1.54) is 7.11 Å². The van der Waals surface area contributed by atoms with E-state index in [4.69, 9.17) is 10.5 Å². The van der Waals surface area contributed by atoms with Crippen LogP contribution < -0.4 is 5.73 Å². The van der Waals surface area contributed by atoms with Gasteiger partial charge in [0.15, 0.2) is 0 Å². The molecule has 2 atom stereocenters. The maximum Gasteiger partial charge on any atom is 0.328 e. The van der Waals surface area contributed by atoms with E-state index in [1.807, 2.05) is 13.8 Å². The number of hydrogen-bond acceptors (Lipinski definition) is 4. The molecule has 0 aliphatic carbocycles. The van der Waals surface area contributed by atoms with Crippen molar-refractivity contribution >= 4 is 11.9 Å². The van der Waals surface area contributed by atoms with Crippen LogP contribution in [-0.2, 0) is 14.3 Å². The van der Waals surface area contributed by atoms with Crippen LogP contribution in [0.4, 0.5) is 0 Å². The lowest BCUT2D eigenvalue weighted by Gasteiger charge is -2.35. The molecular weight excluding hydrogens is 232 g/mol. The third kappa shape index (κ3) is 3.70. The molecule has 0 bridgehead atoms. The zero-order valence-electron chi connectivity index (χ0n) is 11.5. The largest absolute Gasteiger partial charge is 0.467 e. The molecule has 104 valence electrons. The number of amides is 1. The van der Waals surface area contributed by atoms with Crippen LogP contribution in [0.2, 0.25) is 0 Å². The Hall–Kier alpha value is -1.10. The van der Waals surface area contributed by atoms with Gasteiger partial charge in [-0.05, 0) is 31.6 Å². The Balaban J connectivity index is 2.70. The number of nitrogens with zero attached hydrogens (tertiary/aromatic N) is 1. The van der Waals surface area contributed by atoms with E-state index in [0.717, 1.165) is 12.8 Å². The topological polar surface area (TPSA) is 72.6 Å². The van der Waals surface area contributed by atoms with Gasteiger partial charge in [-0.3, -0.25) is 4.79 Å². The minimum absolute atomic E-state index is 0.126. The fraction of sp³-hybridized carbons (Fsp3) is 0.846. The van der Waals surface area contributed by atoms with Gasteiger partial charge in [0.2, 0.25) is 5.91 Å². The van der Waals surface area contributed by atoms with Crippen molar-refractivity contribution in [3.05, 3.63) is 0 Å². The summed E-state index contributed by atoms with van der Waals surface area (Å²) in [5.41, 5.74) is 5.91. The van der Waals surface area contributed by atoms with Crippen LogP contribution in [-0.4, -0.2) is 42.5 Å². The fourth-order valence-corrected chi connectivity index (χ4v) is 2.40. The molecule has 1 amide bonds. The summed E-state index contributed by atoms with van der Waals surface area (Å²) < 4.78 is 4.76. The lowest BCUT2D eigenvalue weighted by atomic mass is 9.98. The zero-order valence-corrected chi connectivity index (χ0v) is 11.5. The smallest absolute Gasteiger partial charge is 0.328 e. The van der Waals surface area contributed by atoms with Crippen LogP contribution in [0.15, 0.2) is 0 Å². The Morgan fingerprint density at radius 1 is 1.39 bits per heavy atom. The molecule has 1 rings (SSSR count). The molecule has 18 heavy (non-hydrogen) atoms. The van der Waals surface area contributed by atoms with E-state index in [-0.39, 0.29) is 11.9 Å². The molecule has 2 N–H and O–H groups in total. The molecule has 1 saturated heterocycles. The third-order valence-electron chi connectivity index (χ3n) is 3.30. The van der Waals surface area contributed by atoms with Crippen molar-refractivity contribution in [2.75, 3.05) is 13.7 Å². The monoisotopic (exact) mass is 256 g/mol. The fourth-order valence-electron chi connectivity index (χ4n) is 2.40. The van der Waals surface area contributed by atoms with Gasteiger partial charge in [0, 0.05) is 6.54 Å². The van der Waals surface area contributed by atoms with Crippen molar-refractivity contribution in [1.29, 1.82) is 0 Å². The lowest BCUT2D eigenvalue weighted by molar-refractivity contribution is -0.155. The molecule has 1 aliphatic heterocycles. The Bertz CT molecular complexity index is 305. The summed E-state index contributed by atoms with van der Waals surface area (Å²) in [6, 6.07) is -0.968. The first-order valence-electron chi connectivity index (χ1n) is 6.61. The summed E-state index contributed by atoms with van der Waals surface area (Å²) in [4.78, 5) is 25.5. The van der Waals surface area contributed by atoms with E-state index < -0.39 is 12.1 Å². The van der Waals surface area contributed by atoms with Gasteiger partial charge in [-0.1, -0.05) is 13.8 Å². The van der Waals surface area contributed by atoms with Gasteiger partial charge in [-0.25, -0.2) is 4.79 Å². The summed E-state index contributed by atoms with van der Waals surface area (Å²) in [5.74, 6) is -0.0936. The number of likely N-dealkylation sites (tertiary alicyclic amines) is 1. The average molecular weight is 256 g/mol. The van der Waals surface area contributed by atoms with Gasteiger partial charge in [-0.15, -0.1) is 0 Å². The molecule has 0 saturated carbocycles. The molecule has 1 aliphatic rings. The molecule has 1 fully saturated rings. The molecule has 0 spiro atoms. The maximum absolute atomic E-state index is 12.3. The third-order valence-corrected chi connectivity index (χ3v) is 3.30. The molecule has 0 aromatic carbocycles. The predicted octanol–water partition coefficient (Wildman–Crippen LogP) is 0.914. The predicted molar refractivity (Wildman–Crippen MR) is 68.8 cm³/mol. The van der Waals surface area contributed by atoms with E-state index >= 15 is 0 Å². The molecule has 5 heteroatoms. The highest BCUT2D eigenvalue weighted by Crippen LogP contribution is 2.20. The molecule has 5 nitrogen and oxygen atoms in total. The van der Waals surface area contributed by atoms with Crippen molar-refractivity contribution in [3.63, 3.8) is 0 Å².